The summed E-state index contributed by atoms with van der Waals surface area (Å²) in [7, 11) is 0. The van der Waals surface area contributed by atoms with Crippen LogP contribution in [0.4, 0.5) is 10.1 Å². The highest BCUT2D eigenvalue weighted by atomic mass is 19.1. The zero-order chi connectivity index (χ0) is 15.4. The maximum Gasteiger partial charge on any atom is 0.161 e. The molecule has 3 heteroatoms. The summed E-state index contributed by atoms with van der Waals surface area (Å²) in [5, 5.41) is 0. The van der Waals surface area contributed by atoms with Crippen molar-refractivity contribution in [2.24, 2.45) is 5.92 Å². The van der Waals surface area contributed by atoms with Crippen molar-refractivity contribution in [3.63, 3.8) is 0 Å². The molecule has 0 spiro atoms. The topological polar surface area (TPSA) is 20.3 Å². The van der Waals surface area contributed by atoms with E-state index < -0.39 is 0 Å². The van der Waals surface area contributed by atoms with Crippen LogP contribution in [0.25, 0.3) is 0 Å². The minimum absolute atomic E-state index is 0.0583. The maximum absolute atomic E-state index is 13.5. The highest BCUT2D eigenvalue weighted by Crippen LogP contribution is 2.31. The molecule has 116 valence electrons. The number of nitrogens with zero attached hydrogens (tertiary/aromatic N) is 1. The van der Waals surface area contributed by atoms with Gasteiger partial charge < -0.3 is 4.90 Å². The second kappa shape index (κ2) is 7.06. The predicted octanol–water partition coefficient (Wildman–Crippen LogP) is 4.82. The molecule has 0 amide bonds. The van der Waals surface area contributed by atoms with E-state index in [4.69, 9.17) is 0 Å². The van der Waals surface area contributed by atoms with E-state index in [-0.39, 0.29) is 11.6 Å². The predicted molar refractivity (Wildman–Crippen MR) is 85.5 cm³/mol. The molecule has 1 saturated carbocycles. The molecule has 1 aromatic rings. The Hall–Kier alpha value is -1.38. The lowest BCUT2D eigenvalue weighted by Crippen LogP contribution is -2.35. The van der Waals surface area contributed by atoms with E-state index in [9.17, 15) is 9.18 Å². The number of hydrogen-bond acceptors (Lipinski definition) is 2. The largest absolute Gasteiger partial charge is 0.368 e. The molecule has 1 aliphatic rings. The second-order valence-electron chi connectivity index (χ2n) is 6.53. The van der Waals surface area contributed by atoms with Crippen molar-refractivity contribution in [2.75, 3.05) is 11.4 Å². The van der Waals surface area contributed by atoms with Crippen molar-refractivity contribution in [1.82, 2.24) is 0 Å². The second-order valence-corrected chi connectivity index (χ2v) is 6.53. The van der Waals surface area contributed by atoms with Crippen molar-refractivity contribution in [3.8, 4) is 0 Å². The van der Waals surface area contributed by atoms with Gasteiger partial charge in [-0.05, 0) is 50.3 Å². The molecule has 0 unspecified atom stereocenters. The van der Waals surface area contributed by atoms with Crippen molar-refractivity contribution >= 4 is 11.5 Å². The third kappa shape index (κ3) is 4.05. The average molecular weight is 291 g/mol. The van der Waals surface area contributed by atoms with Gasteiger partial charge in [0.25, 0.3) is 0 Å². The summed E-state index contributed by atoms with van der Waals surface area (Å²) < 4.78 is 13.5. The molecule has 0 aliphatic heterocycles. The molecule has 2 nitrogen and oxygen atoms in total. The molecule has 0 radical (unpaired) electrons. The van der Waals surface area contributed by atoms with Crippen molar-refractivity contribution in [3.05, 3.63) is 29.6 Å². The van der Waals surface area contributed by atoms with Crippen LogP contribution >= 0.6 is 0 Å². The molecular formula is C18H26FNO. The lowest BCUT2D eigenvalue weighted by molar-refractivity contribution is 0.101. The number of benzene rings is 1. The van der Waals surface area contributed by atoms with Crippen LogP contribution in [0, 0.1) is 11.7 Å². The van der Waals surface area contributed by atoms with Crippen LogP contribution in [0.3, 0.4) is 0 Å². The summed E-state index contributed by atoms with van der Waals surface area (Å²) in [4.78, 5) is 14.2. The Bertz CT molecular complexity index is 492. The summed E-state index contributed by atoms with van der Waals surface area (Å²) in [6, 6.07) is 5.13. The summed E-state index contributed by atoms with van der Waals surface area (Å²) in [6.07, 6.45) is 5.93. The molecule has 0 N–H and O–H groups in total. The average Bonchev–Trinajstić information content (AvgIpc) is 2.93. The Balaban J connectivity index is 2.32. The summed E-state index contributed by atoms with van der Waals surface area (Å²) >= 11 is 0. The van der Waals surface area contributed by atoms with Crippen LogP contribution in [-0.2, 0) is 0 Å². The van der Waals surface area contributed by atoms with E-state index in [1.165, 1.54) is 44.7 Å². The summed E-state index contributed by atoms with van der Waals surface area (Å²) in [5.41, 5.74) is 1.43. The van der Waals surface area contributed by atoms with Gasteiger partial charge >= 0.3 is 0 Å². The molecule has 1 aromatic carbocycles. The first-order chi connectivity index (χ1) is 9.99. The Kier molecular flexibility index (Phi) is 5.38. The molecule has 0 bridgehead atoms. The monoisotopic (exact) mass is 291 g/mol. The van der Waals surface area contributed by atoms with Crippen LogP contribution in [0.15, 0.2) is 18.2 Å². The Morgan fingerprint density at radius 3 is 2.57 bits per heavy atom. The number of carbonyl (C=O) groups is 1. The molecular weight excluding hydrogens is 265 g/mol. The number of carbonyl (C=O) groups excluding carboxylic acids is 1. The van der Waals surface area contributed by atoms with Crippen LogP contribution in [0.2, 0.25) is 0 Å². The Morgan fingerprint density at radius 1 is 1.33 bits per heavy atom. The van der Waals surface area contributed by atoms with E-state index in [2.05, 4.69) is 18.7 Å². The molecule has 2 rings (SSSR count). The van der Waals surface area contributed by atoms with E-state index in [0.29, 0.717) is 17.5 Å². The van der Waals surface area contributed by atoms with Gasteiger partial charge in [-0.2, -0.15) is 0 Å². The van der Waals surface area contributed by atoms with Gasteiger partial charge in [0, 0.05) is 23.8 Å². The van der Waals surface area contributed by atoms with E-state index >= 15 is 0 Å². The third-order valence-corrected chi connectivity index (χ3v) is 4.36. The van der Waals surface area contributed by atoms with Crippen molar-refractivity contribution in [1.29, 1.82) is 0 Å². The number of anilines is 1. The van der Waals surface area contributed by atoms with Crippen molar-refractivity contribution in [2.45, 2.75) is 58.9 Å². The fourth-order valence-electron chi connectivity index (χ4n) is 3.15. The Morgan fingerprint density at radius 2 is 2.00 bits per heavy atom. The van der Waals surface area contributed by atoms with Crippen LogP contribution in [-0.4, -0.2) is 18.4 Å². The zero-order valence-corrected chi connectivity index (χ0v) is 13.4. The molecule has 0 aromatic heterocycles. The summed E-state index contributed by atoms with van der Waals surface area (Å²) in [6.45, 7) is 6.88. The molecule has 0 saturated heterocycles. The summed E-state index contributed by atoms with van der Waals surface area (Å²) in [5.74, 6) is 0.228. The first-order valence-corrected chi connectivity index (χ1v) is 8.06. The van der Waals surface area contributed by atoms with Gasteiger partial charge in [0.2, 0.25) is 0 Å². The fraction of sp³-hybridized carbons (Fsp3) is 0.611. The highest BCUT2D eigenvalue weighted by Gasteiger charge is 2.25. The van der Waals surface area contributed by atoms with Gasteiger partial charge in [-0.3, -0.25) is 4.79 Å². The number of halogens is 1. The van der Waals surface area contributed by atoms with Crippen LogP contribution in [0.1, 0.15) is 63.2 Å². The molecule has 0 heterocycles. The fourth-order valence-corrected chi connectivity index (χ4v) is 3.15. The van der Waals surface area contributed by atoms with Crippen LogP contribution < -0.4 is 4.90 Å². The number of Topliss-reactive ketones (excluding diaryl/α,β-unsaturated/α-hetero) is 1. The van der Waals surface area contributed by atoms with Gasteiger partial charge in [0.1, 0.15) is 5.82 Å². The zero-order valence-electron chi connectivity index (χ0n) is 13.4. The van der Waals surface area contributed by atoms with E-state index in [0.717, 1.165) is 18.7 Å². The lowest BCUT2D eigenvalue weighted by Gasteiger charge is -2.33. The van der Waals surface area contributed by atoms with E-state index in [1.54, 1.807) is 6.07 Å². The number of ketones is 1. The maximum atomic E-state index is 13.5. The smallest absolute Gasteiger partial charge is 0.161 e. The SMILES string of the molecule is CC(=O)c1cc(F)ccc1N(CCC(C)C)C1CCCC1. The van der Waals surface area contributed by atoms with Gasteiger partial charge in [-0.15, -0.1) is 0 Å². The minimum Gasteiger partial charge on any atom is -0.368 e. The Labute approximate surface area is 127 Å². The highest BCUT2D eigenvalue weighted by molar-refractivity contribution is 5.99. The minimum atomic E-state index is -0.334. The normalized spacial score (nSPS) is 15.7. The molecule has 21 heavy (non-hydrogen) atoms. The lowest BCUT2D eigenvalue weighted by atomic mass is 10.0. The number of hydrogen-bond donors (Lipinski definition) is 0. The first-order valence-electron chi connectivity index (χ1n) is 8.06. The van der Waals surface area contributed by atoms with Crippen molar-refractivity contribution < 1.29 is 9.18 Å². The van der Waals surface area contributed by atoms with Gasteiger partial charge in [0.15, 0.2) is 5.78 Å². The third-order valence-electron chi connectivity index (χ3n) is 4.36. The van der Waals surface area contributed by atoms with Gasteiger partial charge in [-0.1, -0.05) is 26.7 Å². The van der Waals surface area contributed by atoms with E-state index in [1.807, 2.05) is 0 Å². The first kappa shape index (κ1) is 16.0. The van der Waals surface area contributed by atoms with Crippen LogP contribution in [0.5, 0.6) is 0 Å². The molecule has 1 aliphatic carbocycles. The quantitative estimate of drug-likeness (QED) is 0.700. The molecule has 1 fully saturated rings. The van der Waals surface area contributed by atoms with Gasteiger partial charge in [0.05, 0.1) is 0 Å². The number of rotatable bonds is 6. The van der Waals surface area contributed by atoms with Gasteiger partial charge in [-0.25, -0.2) is 4.39 Å². The molecule has 0 atom stereocenters. The standard InChI is InChI=1S/C18H26FNO/c1-13(2)10-11-20(16-6-4-5-7-16)18-9-8-15(19)12-17(18)14(3)21/h8-9,12-13,16H,4-7,10-11H2,1-3H3.